The Morgan fingerprint density at radius 1 is 1.24 bits per heavy atom. The molecule has 1 aliphatic rings. The van der Waals surface area contributed by atoms with E-state index in [4.69, 9.17) is 0 Å². The number of fused-ring (bicyclic) bond motifs is 2. The first-order valence-electron chi connectivity index (χ1n) is 7.41. The summed E-state index contributed by atoms with van der Waals surface area (Å²) in [5, 5.41) is 3.37. The van der Waals surface area contributed by atoms with Gasteiger partial charge in [0.15, 0.2) is 0 Å². The van der Waals surface area contributed by atoms with Gasteiger partial charge >= 0.3 is 0 Å². The zero-order valence-electron chi connectivity index (χ0n) is 12.0. The first-order valence-corrected chi connectivity index (χ1v) is 8.29. The third-order valence-electron chi connectivity index (χ3n) is 4.28. The Labute approximate surface area is 128 Å². The number of rotatable bonds is 2. The summed E-state index contributed by atoms with van der Waals surface area (Å²) in [7, 11) is 0. The van der Waals surface area contributed by atoms with Crippen LogP contribution < -0.4 is 4.90 Å². The largest absolute Gasteiger partial charge is 0.349 e. The molecule has 0 saturated heterocycles. The fourth-order valence-corrected chi connectivity index (χ4v) is 4.24. The fourth-order valence-electron chi connectivity index (χ4n) is 3.31. The van der Waals surface area contributed by atoms with E-state index in [0.29, 0.717) is 6.04 Å². The van der Waals surface area contributed by atoms with Gasteiger partial charge in [-0.05, 0) is 42.0 Å². The maximum atomic E-state index is 4.60. The third-order valence-corrected chi connectivity index (χ3v) is 5.27. The number of nitrogens with zero attached hydrogens (tertiary/aromatic N) is 3. The van der Waals surface area contributed by atoms with Gasteiger partial charge in [0.05, 0.1) is 11.6 Å². The molecule has 1 aliphatic heterocycles. The van der Waals surface area contributed by atoms with Crippen LogP contribution in [-0.4, -0.2) is 16.5 Å². The van der Waals surface area contributed by atoms with Gasteiger partial charge in [-0.25, -0.2) is 9.97 Å². The molecule has 3 nitrogen and oxygen atoms in total. The highest BCUT2D eigenvalue weighted by molar-refractivity contribution is 7.10. The van der Waals surface area contributed by atoms with Crippen molar-refractivity contribution < 1.29 is 0 Å². The normalized spacial score (nSPS) is 18.0. The lowest BCUT2D eigenvalue weighted by Gasteiger charge is -2.36. The first kappa shape index (κ1) is 12.8. The van der Waals surface area contributed by atoms with Gasteiger partial charge in [-0.1, -0.05) is 19.1 Å². The molecule has 0 saturated carbocycles. The van der Waals surface area contributed by atoms with Gasteiger partial charge in [0.1, 0.15) is 12.1 Å². The van der Waals surface area contributed by atoms with E-state index in [1.165, 1.54) is 10.4 Å². The molecule has 3 aromatic rings. The van der Waals surface area contributed by atoms with Crippen molar-refractivity contribution in [1.82, 2.24) is 9.97 Å². The van der Waals surface area contributed by atoms with Crippen LogP contribution in [0.4, 0.5) is 5.82 Å². The van der Waals surface area contributed by atoms with E-state index in [0.717, 1.165) is 36.1 Å². The molecule has 0 N–H and O–H groups in total. The number of benzene rings is 1. The second-order valence-electron chi connectivity index (χ2n) is 5.38. The van der Waals surface area contributed by atoms with Crippen molar-refractivity contribution in [3.63, 3.8) is 0 Å². The Hall–Kier alpha value is -1.94. The van der Waals surface area contributed by atoms with Crippen LogP contribution in [0.3, 0.4) is 0 Å². The van der Waals surface area contributed by atoms with Crippen LogP contribution >= 0.6 is 11.3 Å². The molecular weight excluding hydrogens is 278 g/mol. The Balaban J connectivity index is 1.85. The first-order chi connectivity index (χ1) is 10.4. The van der Waals surface area contributed by atoms with Gasteiger partial charge < -0.3 is 4.90 Å². The Morgan fingerprint density at radius 3 is 3.05 bits per heavy atom. The maximum Gasteiger partial charge on any atom is 0.140 e. The van der Waals surface area contributed by atoms with Gasteiger partial charge in [-0.15, -0.1) is 11.3 Å². The number of aromatic nitrogens is 2. The predicted octanol–water partition coefficient (Wildman–Crippen LogP) is 4.21. The Kier molecular flexibility index (Phi) is 3.11. The number of thiophene rings is 1. The third kappa shape index (κ3) is 2.02. The highest BCUT2D eigenvalue weighted by atomic mass is 32.1. The summed E-state index contributed by atoms with van der Waals surface area (Å²) in [6.07, 6.45) is 3.90. The summed E-state index contributed by atoms with van der Waals surface area (Å²) in [5.41, 5.74) is 2.50. The quantitative estimate of drug-likeness (QED) is 0.709. The summed E-state index contributed by atoms with van der Waals surface area (Å²) in [6.45, 7) is 3.29. The van der Waals surface area contributed by atoms with Gasteiger partial charge in [-0.3, -0.25) is 0 Å². The van der Waals surface area contributed by atoms with Gasteiger partial charge in [-0.2, -0.15) is 0 Å². The standard InChI is InChI=1S/C17H17N3S/c1-2-15-13-8-10-21-16(13)7-9-20(15)17-12-5-3-4-6-14(12)18-11-19-17/h3-6,8,10-11,15H,2,7,9H2,1H3. The number of hydrogen-bond donors (Lipinski definition) is 0. The van der Waals surface area contributed by atoms with E-state index >= 15 is 0 Å². The molecule has 0 spiro atoms. The summed E-state index contributed by atoms with van der Waals surface area (Å²) in [4.78, 5) is 13.0. The molecule has 1 unspecified atom stereocenters. The molecule has 1 aromatic carbocycles. The van der Waals surface area contributed by atoms with Crippen molar-refractivity contribution in [2.45, 2.75) is 25.8 Å². The van der Waals surface area contributed by atoms with Crippen molar-refractivity contribution in [2.24, 2.45) is 0 Å². The minimum Gasteiger partial charge on any atom is -0.349 e. The average molecular weight is 295 g/mol. The van der Waals surface area contributed by atoms with Crippen molar-refractivity contribution in [1.29, 1.82) is 0 Å². The maximum absolute atomic E-state index is 4.60. The van der Waals surface area contributed by atoms with Crippen molar-refractivity contribution in [2.75, 3.05) is 11.4 Å². The second-order valence-corrected chi connectivity index (χ2v) is 6.38. The molecular formula is C17H17N3S. The molecule has 2 aromatic heterocycles. The molecule has 1 atom stereocenters. The average Bonchev–Trinajstić information content (AvgIpc) is 3.02. The van der Waals surface area contributed by atoms with Crippen LogP contribution in [0.5, 0.6) is 0 Å². The molecule has 0 radical (unpaired) electrons. The summed E-state index contributed by atoms with van der Waals surface area (Å²) >= 11 is 1.89. The molecule has 0 fully saturated rings. The lowest BCUT2D eigenvalue weighted by molar-refractivity contribution is 0.569. The molecule has 3 heterocycles. The number of hydrogen-bond acceptors (Lipinski definition) is 4. The van der Waals surface area contributed by atoms with Gasteiger partial charge in [0.2, 0.25) is 0 Å². The topological polar surface area (TPSA) is 29.0 Å². The minimum absolute atomic E-state index is 0.429. The smallest absolute Gasteiger partial charge is 0.140 e. The molecule has 21 heavy (non-hydrogen) atoms. The van der Waals surface area contributed by atoms with Crippen molar-refractivity contribution >= 4 is 28.1 Å². The van der Waals surface area contributed by atoms with Crippen LogP contribution in [-0.2, 0) is 6.42 Å². The van der Waals surface area contributed by atoms with E-state index in [1.807, 2.05) is 17.4 Å². The Morgan fingerprint density at radius 2 is 2.14 bits per heavy atom. The minimum atomic E-state index is 0.429. The van der Waals surface area contributed by atoms with E-state index in [1.54, 1.807) is 6.33 Å². The van der Waals surface area contributed by atoms with Crippen LogP contribution in [0, 0.1) is 0 Å². The van der Waals surface area contributed by atoms with Gasteiger partial charge in [0.25, 0.3) is 0 Å². The van der Waals surface area contributed by atoms with Crippen LogP contribution in [0.1, 0.15) is 29.8 Å². The van der Waals surface area contributed by atoms with Gasteiger partial charge in [0, 0.05) is 16.8 Å². The number of para-hydroxylation sites is 1. The molecule has 0 aliphatic carbocycles. The highest BCUT2D eigenvalue weighted by Crippen LogP contribution is 2.39. The fraction of sp³-hybridized carbons (Fsp3) is 0.294. The van der Waals surface area contributed by atoms with Crippen LogP contribution in [0.15, 0.2) is 42.0 Å². The lowest BCUT2D eigenvalue weighted by Crippen LogP contribution is -2.35. The monoisotopic (exact) mass is 295 g/mol. The lowest BCUT2D eigenvalue weighted by atomic mass is 9.97. The van der Waals surface area contributed by atoms with Crippen LogP contribution in [0.25, 0.3) is 10.9 Å². The van der Waals surface area contributed by atoms with E-state index in [9.17, 15) is 0 Å². The van der Waals surface area contributed by atoms with Crippen molar-refractivity contribution in [3.05, 3.63) is 52.5 Å². The van der Waals surface area contributed by atoms with Crippen LogP contribution in [0.2, 0.25) is 0 Å². The molecule has 0 amide bonds. The second kappa shape index (κ2) is 5.11. The highest BCUT2D eigenvalue weighted by Gasteiger charge is 2.28. The van der Waals surface area contributed by atoms with Crippen molar-refractivity contribution in [3.8, 4) is 0 Å². The SMILES string of the molecule is CCC1c2ccsc2CCN1c1ncnc2ccccc12. The summed E-state index contributed by atoms with van der Waals surface area (Å²) in [6, 6.07) is 11.0. The summed E-state index contributed by atoms with van der Waals surface area (Å²) < 4.78 is 0. The zero-order valence-corrected chi connectivity index (χ0v) is 12.8. The van der Waals surface area contributed by atoms with E-state index < -0.39 is 0 Å². The Bertz CT molecular complexity index is 775. The zero-order chi connectivity index (χ0) is 14.2. The molecule has 4 heteroatoms. The predicted molar refractivity (Wildman–Crippen MR) is 87.9 cm³/mol. The molecule has 4 rings (SSSR count). The summed E-state index contributed by atoms with van der Waals surface area (Å²) in [5.74, 6) is 1.07. The van der Waals surface area contributed by atoms with E-state index in [-0.39, 0.29) is 0 Å². The molecule has 0 bridgehead atoms. The molecule has 106 valence electrons. The van der Waals surface area contributed by atoms with E-state index in [2.05, 4.69) is 51.4 Å². The number of anilines is 1.